The van der Waals surface area contributed by atoms with Crippen molar-refractivity contribution < 1.29 is 19.2 Å². The van der Waals surface area contributed by atoms with Crippen molar-refractivity contribution in [2.24, 2.45) is 0 Å². The highest BCUT2D eigenvalue weighted by Gasteiger charge is 2.36. The molecule has 0 N–H and O–H groups in total. The average Bonchev–Trinajstić information content (AvgIpc) is 3.62. The quantitative estimate of drug-likeness (QED) is 0.424. The summed E-state index contributed by atoms with van der Waals surface area (Å²) in [5.41, 5.74) is 4.53. The van der Waals surface area contributed by atoms with E-state index in [1.165, 1.54) is 11.1 Å². The molecule has 2 aromatic carbocycles. The molecule has 1 fully saturated rings. The van der Waals surface area contributed by atoms with Gasteiger partial charge in [-0.1, -0.05) is 44.2 Å². The number of fused-ring (bicyclic) bond motifs is 2. The highest BCUT2D eigenvalue weighted by Crippen LogP contribution is 2.37. The predicted molar refractivity (Wildman–Crippen MR) is 142 cm³/mol. The van der Waals surface area contributed by atoms with Gasteiger partial charge in [0, 0.05) is 44.2 Å². The second-order valence-corrected chi connectivity index (χ2v) is 10.5. The summed E-state index contributed by atoms with van der Waals surface area (Å²) in [4.78, 5) is 36.3. The van der Waals surface area contributed by atoms with Gasteiger partial charge >= 0.3 is 0 Å². The number of nitrogens with zero attached hydrogens (tertiary/aromatic N) is 3. The summed E-state index contributed by atoms with van der Waals surface area (Å²) >= 11 is 0. The summed E-state index contributed by atoms with van der Waals surface area (Å²) in [5, 5.41) is 1.56. The normalized spacial score (nSPS) is 20.7. The van der Waals surface area contributed by atoms with E-state index < -0.39 is 0 Å². The van der Waals surface area contributed by atoms with Crippen molar-refractivity contribution in [2.75, 3.05) is 39.4 Å². The lowest BCUT2D eigenvalue weighted by Crippen LogP contribution is -2.43. The molecule has 3 aliphatic rings. The van der Waals surface area contributed by atoms with E-state index in [1.807, 2.05) is 29.2 Å². The number of hydrogen-bond donors (Lipinski definition) is 0. The molecule has 0 aromatic heterocycles. The number of hydroxylamine groups is 2. The Morgan fingerprint density at radius 1 is 1.14 bits per heavy atom. The highest BCUT2D eigenvalue weighted by atomic mass is 16.7. The fourth-order valence-corrected chi connectivity index (χ4v) is 5.90. The zero-order chi connectivity index (χ0) is 25.8. The molecule has 2 atom stereocenters. The van der Waals surface area contributed by atoms with Gasteiger partial charge < -0.3 is 9.64 Å². The van der Waals surface area contributed by atoms with Crippen molar-refractivity contribution in [1.29, 1.82) is 0 Å². The Morgan fingerprint density at radius 3 is 2.81 bits per heavy atom. The first-order valence-corrected chi connectivity index (χ1v) is 13.9. The van der Waals surface area contributed by atoms with Crippen LogP contribution >= 0.6 is 0 Å². The molecule has 3 heterocycles. The molecule has 198 valence electrons. The summed E-state index contributed by atoms with van der Waals surface area (Å²) in [6.45, 7) is 8.55. The van der Waals surface area contributed by atoms with Crippen molar-refractivity contribution in [3.63, 3.8) is 0 Å². The number of benzene rings is 2. The molecule has 0 aliphatic carbocycles. The molecule has 2 aromatic rings. The van der Waals surface area contributed by atoms with Gasteiger partial charge in [0.25, 0.3) is 11.8 Å². The minimum Gasteiger partial charge on any atom is -0.493 e. The molecular weight excluding hydrogens is 466 g/mol. The van der Waals surface area contributed by atoms with E-state index in [0.717, 1.165) is 62.1 Å². The van der Waals surface area contributed by atoms with Gasteiger partial charge in [-0.25, -0.2) is 5.06 Å². The number of amides is 2. The third-order valence-corrected chi connectivity index (χ3v) is 7.84. The summed E-state index contributed by atoms with van der Waals surface area (Å²) in [6.07, 6.45) is 4.51. The number of ether oxygens (including phenoxy) is 1. The van der Waals surface area contributed by atoms with Crippen LogP contribution in [0.15, 0.2) is 42.5 Å². The van der Waals surface area contributed by atoms with Crippen LogP contribution in [0.3, 0.4) is 0 Å². The monoisotopic (exact) mass is 505 g/mol. The fourth-order valence-electron chi connectivity index (χ4n) is 5.90. The van der Waals surface area contributed by atoms with E-state index >= 15 is 0 Å². The first-order valence-electron chi connectivity index (χ1n) is 13.9. The van der Waals surface area contributed by atoms with Crippen molar-refractivity contribution in [3.05, 3.63) is 64.7 Å². The Bertz CT molecular complexity index is 1120. The number of hydrogen-bond acceptors (Lipinski definition) is 5. The third-order valence-electron chi connectivity index (χ3n) is 7.84. The number of carbonyl (C=O) groups is 2. The summed E-state index contributed by atoms with van der Waals surface area (Å²) in [7, 11) is 0. The maximum absolute atomic E-state index is 13.3. The molecule has 37 heavy (non-hydrogen) atoms. The molecule has 7 nitrogen and oxygen atoms in total. The Morgan fingerprint density at radius 2 is 2.00 bits per heavy atom. The molecule has 3 aliphatic heterocycles. The maximum atomic E-state index is 13.3. The highest BCUT2D eigenvalue weighted by molar-refractivity contribution is 5.98. The van der Waals surface area contributed by atoms with Crippen LogP contribution in [0.2, 0.25) is 0 Å². The summed E-state index contributed by atoms with van der Waals surface area (Å²) in [5.74, 6) is 1.49. The van der Waals surface area contributed by atoms with Crippen LogP contribution < -0.4 is 4.74 Å². The number of rotatable bonds is 11. The third kappa shape index (κ3) is 5.68. The Balaban J connectivity index is 1.29. The van der Waals surface area contributed by atoms with Crippen LogP contribution in [-0.2, 0) is 22.6 Å². The van der Waals surface area contributed by atoms with Gasteiger partial charge in [0.2, 0.25) is 0 Å². The largest absolute Gasteiger partial charge is 0.493 e. The summed E-state index contributed by atoms with van der Waals surface area (Å²) in [6, 6.07) is 14.7. The van der Waals surface area contributed by atoms with E-state index in [1.54, 1.807) is 5.06 Å². The molecule has 0 bridgehead atoms. The Kier molecular flexibility index (Phi) is 8.11. The lowest BCUT2D eigenvalue weighted by atomic mass is 9.93. The number of carbonyl (C=O) groups excluding carboxylic acids is 2. The maximum Gasteiger partial charge on any atom is 0.260 e. The van der Waals surface area contributed by atoms with Gasteiger partial charge in [0.05, 0.1) is 19.8 Å². The van der Waals surface area contributed by atoms with E-state index in [4.69, 9.17) is 9.57 Å². The van der Waals surface area contributed by atoms with Gasteiger partial charge in [0.15, 0.2) is 0 Å². The second-order valence-electron chi connectivity index (χ2n) is 10.5. The van der Waals surface area contributed by atoms with Crippen LogP contribution in [0.5, 0.6) is 5.75 Å². The van der Waals surface area contributed by atoms with Crippen molar-refractivity contribution in [1.82, 2.24) is 14.9 Å². The predicted octanol–water partition coefficient (Wildman–Crippen LogP) is 4.41. The standard InChI is InChI=1S/C30H39N3O4/c1-3-13-33(37-15-4-2)29(34)21-32-20-25(22-9-10-28-23(17-22)12-16-36-28)18-26(32)11-14-31-19-24-7-5-6-8-27(24)30(31)35/h5-10,17,25-26H,3-4,11-16,18-21H2,1-2H3/t25-,26+/m1/s1. The molecule has 1 saturated heterocycles. The van der Waals surface area contributed by atoms with E-state index in [2.05, 4.69) is 36.9 Å². The fraction of sp³-hybridized carbons (Fsp3) is 0.533. The van der Waals surface area contributed by atoms with Crippen LogP contribution in [0, 0.1) is 0 Å². The Labute approximate surface area is 220 Å². The molecule has 2 amide bonds. The minimum absolute atomic E-state index is 0.0213. The summed E-state index contributed by atoms with van der Waals surface area (Å²) < 4.78 is 5.71. The lowest BCUT2D eigenvalue weighted by molar-refractivity contribution is -0.188. The zero-order valence-electron chi connectivity index (χ0n) is 22.2. The van der Waals surface area contributed by atoms with Crippen LogP contribution in [0.25, 0.3) is 0 Å². The van der Waals surface area contributed by atoms with Crippen LogP contribution in [0.1, 0.15) is 72.5 Å². The van der Waals surface area contributed by atoms with Crippen molar-refractivity contribution in [3.8, 4) is 5.75 Å². The van der Waals surface area contributed by atoms with E-state index in [0.29, 0.717) is 38.7 Å². The van der Waals surface area contributed by atoms with Gasteiger partial charge in [-0.2, -0.15) is 0 Å². The zero-order valence-corrected chi connectivity index (χ0v) is 22.2. The van der Waals surface area contributed by atoms with Crippen LogP contribution in [-0.4, -0.2) is 72.1 Å². The van der Waals surface area contributed by atoms with Gasteiger partial charge in [0.1, 0.15) is 5.75 Å². The molecule has 0 radical (unpaired) electrons. The topological polar surface area (TPSA) is 62.3 Å². The van der Waals surface area contributed by atoms with Gasteiger partial charge in [-0.3, -0.25) is 19.3 Å². The molecular formula is C30H39N3O4. The number of likely N-dealkylation sites (tertiary alicyclic amines) is 1. The van der Waals surface area contributed by atoms with Crippen molar-refractivity contribution in [2.45, 2.75) is 64.5 Å². The van der Waals surface area contributed by atoms with Gasteiger partial charge in [-0.15, -0.1) is 0 Å². The SMILES string of the molecule is CCCON(CCC)C(=O)CN1C[C@H](c2ccc3c(c2)CCO3)C[C@@H]1CCN1Cc2ccccc2C1=O. The van der Waals surface area contributed by atoms with E-state index in [9.17, 15) is 9.59 Å². The molecule has 7 heteroatoms. The smallest absolute Gasteiger partial charge is 0.260 e. The molecule has 0 saturated carbocycles. The first kappa shape index (κ1) is 25.7. The lowest BCUT2D eigenvalue weighted by Gasteiger charge is -2.28. The molecule has 0 unspecified atom stereocenters. The average molecular weight is 506 g/mol. The first-order chi connectivity index (χ1) is 18.1. The molecule has 0 spiro atoms. The minimum atomic E-state index is 0.0213. The Hall–Kier alpha value is -2.90. The molecule has 5 rings (SSSR count). The second kappa shape index (κ2) is 11.7. The van der Waals surface area contributed by atoms with E-state index in [-0.39, 0.29) is 17.9 Å². The van der Waals surface area contributed by atoms with Crippen molar-refractivity contribution >= 4 is 11.8 Å². The van der Waals surface area contributed by atoms with Gasteiger partial charge in [-0.05, 0) is 60.4 Å². The van der Waals surface area contributed by atoms with Crippen LogP contribution in [0.4, 0.5) is 0 Å².